The van der Waals surface area contributed by atoms with Gasteiger partial charge in [-0.15, -0.1) is 0 Å². The zero-order valence-electron chi connectivity index (χ0n) is 8.58. The molecule has 0 fully saturated rings. The van der Waals surface area contributed by atoms with Gasteiger partial charge >= 0.3 is 0 Å². The topological polar surface area (TPSA) is 78.7 Å². The number of azide groups is 1. The number of Topliss-reactive ketones (excluding diaryl/α,β-unsaturated/α-hetero) is 1. The molecule has 0 aliphatic carbocycles. The highest BCUT2D eigenvalue weighted by Gasteiger charge is 2.06. The van der Waals surface area contributed by atoms with E-state index in [-0.39, 0.29) is 5.78 Å². The molecule has 78 valence electrons. The van der Waals surface area contributed by atoms with Crippen molar-refractivity contribution in [3.05, 3.63) is 46.5 Å². The first-order valence-corrected chi connectivity index (χ1v) is 4.68. The highest BCUT2D eigenvalue weighted by atomic mass is 16.1. The van der Waals surface area contributed by atoms with Crippen LogP contribution in [-0.2, 0) is 0 Å². The van der Waals surface area contributed by atoms with Gasteiger partial charge in [-0.3, -0.25) is 4.79 Å². The summed E-state index contributed by atoms with van der Waals surface area (Å²) in [6.07, 6.45) is 0. The van der Waals surface area contributed by atoms with Crippen molar-refractivity contribution < 1.29 is 4.79 Å². The molecule has 2 aromatic rings. The molecule has 0 atom stereocenters. The van der Waals surface area contributed by atoms with Crippen LogP contribution in [0.15, 0.2) is 35.4 Å². The Balaban J connectivity index is 2.83. The van der Waals surface area contributed by atoms with Crippen LogP contribution in [0, 0.1) is 0 Å². The molecule has 0 saturated heterocycles. The Bertz CT molecular complexity index is 614. The highest BCUT2D eigenvalue weighted by Crippen LogP contribution is 2.25. The quantitative estimate of drug-likeness (QED) is 0.331. The molecule has 0 spiro atoms. The summed E-state index contributed by atoms with van der Waals surface area (Å²) >= 11 is 0. The second-order valence-corrected chi connectivity index (χ2v) is 3.29. The van der Waals surface area contributed by atoms with Gasteiger partial charge in [0.2, 0.25) is 0 Å². The molecule has 0 unspecified atom stereocenters. The van der Waals surface area contributed by atoms with Gasteiger partial charge in [0.1, 0.15) is 5.69 Å². The van der Waals surface area contributed by atoms with Gasteiger partial charge in [-0.25, -0.2) is 4.98 Å². The van der Waals surface area contributed by atoms with E-state index in [4.69, 9.17) is 5.53 Å². The molecule has 5 heteroatoms. The van der Waals surface area contributed by atoms with Crippen molar-refractivity contribution in [2.24, 2.45) is 5.11 Å². The van der Waals surface area contributed by atoms with E-state index in [1.165, 1.54) is 13.0 Å². The molecule has 0 aliphatic rings. The number of ketones is 1. The monoisotopic (exact) mass is 212 g/mol. The standard InChI is InChI=1S/C11H8N4O/c1-7(16)10-6-11(14-15-12)8-4-2-3-5-9(8)13-10/h2-6H,1H3. The van der Waals surface area contributed by atoms with Crippen molar-refractivity contribution in [1.29, 1.82) is 0 Å². The van der Waals surface area contributed by atoms with Crippen LogP contribution in [-0.4, -0.2) is 10.8 Å². The van der Waals surface area contributed by atoms with E-state index in [0.29, 0.717) is 16.9 Å². The van der Waals surface area contributed by atoms with Crippen LogP contribution in [0.1, 0.15) is 17.4 Å². The number of hydrogen-bond donors (Lipinski definition) is 0. The molecular weight excluding hydrogens is 204 g/mol. The lowest BCUT2D eigenvalue weighted by Crippen LogP contribution is -1.96. The van der Waals surface area contributed by atoms with Crippen molar-refractivity contribution in [1.82, 2.24) is 4.98 Å². The number of nitrogens with zero attached hydrogens (tertiary/aromatic N) is 4. The number of carbonyl (C=O) groups is 1. The maximum Gasteiger partial charge on any atom is 0.178 e. The lowest BCUT2D eigenvalue weighted by atomic mass is 10.1. The first kappa shape index (κ1) is 10.1. The Hall–Kier alpha value is -2.39. The lowest BCUT2D eigenvalue weighted by Gasteiger charge is -2.03. The van der Waals surface area contributed by atoms with Gasteiger partial charge in [-0.1, -0.05) is 23.3 Å². The highest BCUT2D eigenvalue weighted by molar-refractivity contribution is 5.98. The van der Waals surface area contributed by atoms with Gasteiger partial charge in [-0.2, -0.15) is 0 Å². The molecule has 16 heavy (non-hydrogen) atoms. The number of rotatable bonds is 2. The van der Waals surface area contributed by atoms with Gasteiger partial charge in [0, 0.05) is 22.9 Å². The molecule has 0 N–H and O–H groups in total. The normalized spacial score (nSPS) is 9.81. The summed E-state index contributed by atoms with van der Waals surface area (Å²) in [6.45, 7) is 1.43. The third-order valence-electron chi connectivity index (χ3n) is 2.21. The molecule has 0 aliphatic heterocycles. The van der Waals surface area contributed by atoms with Crippen molar-refractivity contribution in [3.8, 4) is 0 Å². The molecule has 2 rings (SSSR count). The van der Waals surface area contributed by atoms with Crippen molar-refractivity contribution in [2.75, 3.05) is 0 Å². The minimum Gasteiger partial charge on any atom is -0.293 e. The molecule has 5 nitrogen and oxygen atoms in total. The third-order valence-corrected chi connectivity index (χ3v) is 2.21. The van der Waals surface area contributed by atoms with Gasteiger partial charge in [0.15, 0.2) is 5.78 Å². The van der Waals surface area contributed by atoms with Gasteiger partial charge in [0.05, 0.1) is 5.52 Å². The van der Waals surface area contributed by atoms with Crippen LogP contribution in [0.2, 0.25) is 0 Å². The number of aromatic nitrogens is 1. The first-order chi connectivity index (χ1) is 7.72. The summed E-state index contributed by atoms with van der Waals surface area (Å²) in [5, 5.41) is 4.31. The Morgan fingerprint density at radius 1 is 1.44 bits per heavy atom. The molecule has 1 heterocycles. The molecule has 0 bridgehead atoms. The Morgan fingerprint density at radius 2 is 2.19 bits per heavy atom. The fourth-order valence-electron chi connectivity index (χ4n) is 1.47. The van der Waals surface area contributed by atoms with E-state index < -0.39 is 0 Å². The number of pyridine rings is 1. The average Bonchev–Trinajstić information content (AvgIpc) is 2.29. The minimum absolute atomic E-state index is 0.153. The number of fused-ring (bicyclic) bond motifs is 1. The fourth-order valence-corrected chi connectivity index (χ4v) is 1.47. The van der Waals surface area contributed by atoms with Crippen LogP contribution >= 0.6 is 0 Å². The maximum absolute atomic E-state index is 11.2. The number of carbonyl (C=O) groups excluding carboxylic acids is 1. The summed E-state index contributed by atoms with van der Waals surface area (Å²) < 4.78 is 0. The second kappa shape index (κ2) is 4.00. The van der Waals surface area contributed by atoms with Crippen LogP contribution < -0.4 is 0 Å². The fraction of sp³-hybridized carbons (Fsp3) is 0.0909. The zero-order valence-corrected chi connectivity index (χ0v) is 8.58. The van der Waals surface area contributed by atoms with E-state index in [2.05, 4.69) is 15.0 Å². The summed E-state index contributed by atoms with van der Waals surface area (Å²) in [4.78, 5) is 18.2. The summed E-state index contributed by atoms with van der Waals surface area (Å²) in [5.74, 6) is -0.153. The van der Waals surface area contributed by atoms with Crippen LogP contribution in [0.3, 0.4) is 0 Å². The van der Waals surface area contributed by atoms with Crippen LogP contribution in [0.25, 0.3) is 21.3 Å². The van der Waals surface area contributed by atoms with E-state index in [1.807, 2.05) is 12.1 Å². The molecule has 0 radical (unpaired) electrons. The van der Waals surface area contributed by atoms with Crippen molar-refractivity contribution in [2.45, 2.75) is 6.92 Å². The molecular formula is C11H8N4O. The SMILES string of the molecule is CC(=O)c1cc(N=[N+]=[N-])c2ccccc2n1. The number of benzene rings is 1. The van der Waals surface area contributed by atoms with Crippen molar-refractivity contribution >= 4 is 22.4 Å². The van der Waals surface area contributed by atoms with E-state index >= 15 is 0 Å². The Labute approximate surface area is 91.4 Å². The number of hydrogen-bond acceptors (Lipinski definition) is 3. The Morgan fingerprint density at radius 3 is 2.88 bits per heavy atom. The summed E-state index contributed by atoms with van der Waals surface area (Å²) in [6, 6.07) is 8.73. The molecule has 1 aromatic heterocycles. The smallest absolute Gasteiger partial charge is 0.178 e. The van der Waals surface area contributed by atoms with Crippen molar-refractivity contribution in [3.63, 3.8) is 0 Å². The van der Waals surface area contributed by atoms with Crippen LogP contribution in [0.5, 0.6) is 0 Å². The predicted molar refractivity (Wildman–Crippen MR) is 60.6 cm³/mol. The predicted octanol–water partition coefficient (Wildman–Crippen LogP) is 3.38. The lowest BCUT2D eigenvalue weighted by molar-refractivity contribution is 0.101. The van der Waals surface area contributed by atoms with E-state index in [1.54, 1.807) is 12.1 Å². The molecule has 1 aromatic carbocycles. The van der Waals surface area contributed by atoms with E-state index in [0.717, 1.165) is 5.39 Å². The van der Waals surface area contributed by atoms with Gasteiger partial charge in [-0.05, 0) is 17.7 Å². The second-order valence-electron chi connectivity index (χ2n) is 3.29. The van der Waals surface area contributed by atoms with E-state index in [9.17, 15) is 4.79 Å². The molecule has 0 saturated carbocycles. The minimum atomic E-state index is -0.153. The zero-order chi connectivity index (χ0) is 11.5. The van der Waals surface area contributed by atoms with Gasteiger partial charge in [0.25, 0.3) is 0 Å². The Kier molecular flexibility index (Phi) is 2.54. The first-order valence-electron chi connectivity index (χ1n) is 4.68. The number of para-hydroxylation sites is 1. The van der Waals surface area contributed by atoms with Gasteiger partial charge < -0.3 is 0 Å². The average molecular weight is 212 g/mol. The largest absolute Gasteiger partial charge is 0.293 e. The third kappa shape index (κ3) is 1.71. The summed E-state index contributed by atoms with van der Waals surface area (Å²) in [7, 11) is 0. The maximum atomic E-state index is 11.2. The summed E-state index contributed by atoms with van der Waals surface area (Å²) in [5.41, 5.74) is 9.85. The van der Waals surface area contributed by atoms with Crippen LogP contribution in [0.4, 0.5) is 5.69 Å². The molecule has 0 amide bonds.